The second-order valence-electron chi connectivity index (χ2n) is 4.55. The molecule has 1 unspecified atom stereocenters. The molecule has 1 aromatic heterocycles. The van der Waals surface area contributed by atoms with Gasteiger partial charge in [-0.25, -0.2) is 13.1 Å². The smallest absolute Gasteiger partial charge is 0.243 e. The molecule has 0 amide bonds. The highest BCUT2D eigenvalue weighted by atomic mass is 32.2. The molecule has 1 atom stereocenters. The van der Waals surface area contributed by atoms with Gasteiger partial charge in [-0.1, -0.05) is 30.3 Å². The van der Waals surface area contributed by atoms with Crippen molar-refractivity contribution in [1.29, 1.82) is 0 Å². The average Bonchev–Trinajstić information content (AvgIpc) is 2.85. The van der Waals surface area contributed by atoms with E-state index in [1.165, 1.54) is 17.1 Å². The summed E-state index contributed by atoms with van der Waals surface area (Å²) in [6, 6.07) is 9.42. The zero-order chi connectivity index (χ0) is 14.6. The first kappa shape index (κ1) is 14.7. The molecular weight excluding hydrogens is 278 g/mol. The molecule has 0 aliphatic heterocycles. The van der Waals surface area contributed by atoms with Crippen molar-refractivity contribution >= 4 is 10.0 Å². The van der Waals surface area contributed by atoms with Crippen molar-refractivity contribution in [3.05, 3.63) is 48.3 Å². The summed E-state index contributed by atoms with van der Waals surface area (Å²) in [5.74, 6) is 0. The maximum Gasteiger partial charge on any atom is 0.243 e. The predicted octanol–water partition coefficient (Wildman–Crippen LogP) is 0.302. The van der Waals surface area contributed by atoms with Crippen LogP contribution in [0, 0.1) is 0 Å². The molecule has 6 nitrogen and oxygen atoms in total. The van der Waals surface area contributed by atoms with E-state index in [9.17, 15) is 13.5 Å². The molecule has 0 radical (unpaired) electrons. The van der Waals surface area contributed by atoms with E-state index in [4.69, 9.17) is 0 Å². The van der Waals surface area contributed by atoms with Crippen LogP contribution in [0.4, 0.5) is 0 Å². The van der Waals surface area contributed by atoms with Gasteiger partial charge < -0.3 is 5.11 Å². The Balaban J connectivity index is 1.91. The molecule has 20 heavy (non-hydrogen) atoms. The molecule has 0 aliphatic rings. The van der Waals surface area contributed by atoms with Gasteiger partial charge in [0.15, 0.2) is 0 Å². The summed E-state index contributed by atoms with van der Waals surface area (Å²) in [6.07, 6.45) is 2.30. The number of hydrogen-bond donors (Lipinski definition) is 2. The number of aryl methyl sites for hydroxylation is 1. The molecule has 2 aromatic rings. The van der Waals surface area contributed by atoms with Crippen molar-refractivity contribution in [2.75, 3.05) is 6.54 Å². The Morgan fingerprint density at radius 3 is 2.65 bits per heavy atom. The zero-order valence-electron chi connectivity index (χ0n) is 11.1. The third-order valence-corrected chi connectivity index (χ3v) is 4.19. The monoisotopic (exact) mass is 295 g/mol. The van der Waals surface area contributed by atoms with E-state index in [2.05, 4.69) is 9.82 Å². The fourth-order valence-electron chi connectivity index (χ4n) is 1.79. The topological polar surface area (TPSA) is 84.2 Å². The molecule has 108 valence electrons. The molecule has 7 heteroatoms. The summed E-state index contributed by atoms with van der Waals surface area (Å²) < 4.78 is 27.6. The number of hydrogen-bond acceptors (Lipinski definition) is 4. The SMILES string of the molecule is Cn1cc(S(=O)(=O)NCC(O)Cc2ccccc2)cn1. The highest BCUT2D eigenvalue weighted by Crippen LogP contribution is 2.07. The number of aliphatic hydroxyl groups is 1. The van der Waals surface area contributed by atoms with Crippen molar-refractivity contribution in [2.24, 2.45) is 7.05 Å². The lowest BCUT2D eigenvalue weighted by Gasteiger charge is -2.11. The molecule has 0 spiro atoms. The van der Waals surface area contributed by atoms with Crippen molar-refractivity contribution in [2.45, 2.75) is 17.4 Å². The van der Waals surface area contributed by atoms with E-state index in [1.54, 1.807) is 7.05 Å². The van der Waals surface area contributed by atoms with Gasteiger partial charge in [-0.15, -0.1) is 0 Å². The van der Waals surface area contributed by atoms with E-state index in [-0.39, 0.29) is 11.4 Å². The normalized spacial score (nSPS) is 13.3. The lowest BCUT2D eigenvalue weighted by molar-refractivity contribution is 0.179. The lowest BCUT2D eigenvalue weighted by atomic mass is 10.1. The maximum absolute atomic E-state index is 11.9. The van der Waals surface area contributed by atoms with E-state index in [0.717, 1.165) is 5.56 Å². The largest absolute Gasteiger partial charge is 0.391 e. The Hall–Kier alpha value is -1.70. The van der Waals surface area contributed by atoms with E-state index in [0.29, 0.717) is 6.42 Å². The fraction of sp³-hybridized carbons (Fsp3) is 0.308. The minimum absolute atomic E-state index is 0.0356. The number of benzene rings is 1. The van der Waals surface area contributed by atoms with Crippen LogP contribution in [0.2, 0.25) is 0 Å². The minimum Gasteiger partial charge on any atom is -0.391 e. The number of aromatic nitrogens is 2. The van der Waals surface area contributed by atoms with Crippen LogP contribution in [0.15, 0.2) is 47.6 Å². The number of aliphatic hydroxyl groups excluding tert-OH is 1. The highest BCUT2D eigenvalue weighted by molar-refractivity contribution is 7.89. The molecule has 0 fully saturated rings. The van der Waals surface area contributed by atoms with E-state index >= 15 is 0 Å². The summed E-state index contributed by atoms with van der Waals surface area (Å²) in [4.78, 5) is 0.0897. The second kappa shape index (κ2) is 6.17. The summed E-state index contributed by atoms with van der Waals surface area (Å²) >= 11 is 0. The molecule has 0 saturated carbocycles. The first-order valence-electron chi connectivity index (χ1n) is 6.18. The molecule has 2 rings (SSSR count). The summed E-state index contributed by atoms with van der Waals surface area (Å²) in [5.41, 5.74) is 0.959. The minimum atomic E-state index is -3.62. The molecule has 0 saturated heterocycles. The predicted molar refractivity (Wildman–Crippen MR) is 74.5 cm³/mol. The summed E-state index contributed by atoms with van der Waals surface area (Å²) in [7, 11) is -1.98. The van der Waals surface area contributed by atoms with Crippen LogP contribution in [0.3, 0.4) is 0 Å². The Kier molecular flexibility index (Phi) is 4.53. The molecule has 2 N–H and O–H groups in total. The maximum atomic E-state index is 11.9. The summed E-state index contributed by atoms with van der Waals surface area (Å²) in [6.45, 7) is -0.0356. The van der Waals surface area contributed by atoms with Gasteiger partial charge in [0.1, 0.15) is 4.90 Å². The van der Waals surface area contributed by atoms with E-state index in [1.807, 2.05) is 30.3 Å². The van der Waals surface area contributed by atoms with Gasteiger partial charge in [-0.05, 0) is 12.0 Å². The first-order chi connectivity index (χ1) is 9.47. The van der Waals surface area contributed by atoms with Gasteiger partial charge in [-0.2, -0.15) is 5.10 Å². The van der Waals surface area contributed by atoms with Crippen molar-refractivity contribution in [3.8, 4) is 0 Å². The first-order valence-corrected chi connectivity index (χ1v) is 7.66. The van der Waals surface area contributed by atoms with Crippen LogP contribution in [0.1, 0.15) is 5.56 Å². The van der Waals surface area contributed by atoms with Crippen LogP contribution in [0.5, 0.6) is 0 Å². The van der Waals surface area contributed by atoms with Gasteiger partial charge >= 0.3 is 0 Å². The number of nitrogens with zero attached hydrogens (tertiary/aromatic N) is 2. The van der Waals surface area contributed by atoms with Crippen molar-refractivity contribution < 1.29 is 13.5 Å². The Labute approximate surface area is 118 Å². The number of rotatable bonds is 6. The van der Waals surface area contributed by atoms with E-state index < -0.39 is 16.1 Å². The van der Waals surface area contributed by atoms with Crippen LogP contribution >= 0.6 is 0 Å². The number of nitrogens with one attached hydrogen (secondary N) is 1. The number of sulfonamides is 1. The van der Waals surface area contributed by atoms with Crippen LogP contribution in [-0.4, -0.2) is 36.0 Å². The standard InChI is InChI=1S/C13H17N3O3S/c1-16-10-13(9-14-16)20(18,19)15-8-12(17)7-11-5-3-2-4-6-11/h2-6,9-10,12,15,17H,7-8H2,1H3. The Morgan fingerprint density at radius 1 is 1.35 bits per heavy atom. The van der Waals surface area contributed by atoms with Crippen LogP contribution in [0.25, 0.3) is 0 Å². The van der Waals surface area contributed by atoms with Gasteiger partial charge in [-0.3, -0.25) is 4.68 Å². The van der Waals surface area contributed by atoms with Gasteiger partial charge in [0, 0.05) is 19.8 Å². The van der Waals surface area contributed by atoms with Gasteiger partial charge in [0.05, 0.1) is 12.3 Å². The Morgan fingerprint density at radius 2 is 2.05 bits per heavy atom. The molecule has 0 bridgehead atoms. The van der Waals surface area contributed by atoms with Crippen LogP contribution in [-0.2, 0) is 23.5 Å². The quantitative estimate of drug-likeness (QED) is 0.803. The fourth-order valence-corrected chi connectivity index (χ4v) is 2.84. The van der Waals surface area contributed by atoms with Gasteiger partial charge in [0.2, 0.25) is 10.0 Å². The highest BCUT2D eigenvalue weighted by Gasteiger charge is 2.17. The molecule has 1 heterocycles. The third kappa shape index (κ3) is 3.89. The molecule has 1 aromatic carbocycles. The van der Waals surface area contributed by atoms with Crippen molar-refractivity contribution in [3.63, 3.8) is 0 Å². The second-order valence-corrected chi connectivity index (χ2v) is 6.31. The van der Waals surface area contributed by atoms with Gasteiger partial charge in [0.25, 0.3) is 0 Å². The van der Waals surface area contributed by atoms with Crippen molar-refractivity contribution in [1.82, 2.24) is 14.5 Å². The lowest BCUT2D eigenvalue weighted by Crippen LogP contribution is -2.33. The van der Waals surface area contributed by atoms with Crippen LogP contribution < -0.4 is 4.72 Å². The summed E-state index contributed by atoms with van der Waals surface area (Å²) in [5, 5.41) is 13.7. The molecular formula is C13H17N3O3S. The average molecular weight is 295 g/mol. The Bertz CT molecular complexity index is 653. The molecule has 0 aliphatic carbocycles. The zero-order valence-corrected chi connectivity index (χ0v) is 11.9. The third-order valence-electron chi connectivity index (χ3n) is 2.81.